The Hall–Kier alpha value is -1.64. The lowest BCUT2D eigenvalue weighted by molar-refractivity contribution is -0.128. The molecular formula is C13H25N3O5S. The molecule has 0 aromatic heterocycles. The van der Waals surface area contributed by atoms with Gasteiger partial charge in [-0.3, -0.25) is 14.4 Å². The minimum atomic E-state index is -3.22. The fourth-order valence-electron chi connectivity index (χ4n) is 1.66. The summed E-state index contributed by atoms with van der Waals surface area (Å²) in [5, 5.41) is 5.13. The summed E-state index contributed by atoms with van der Waals surface area (Å²) in [7, 11) is -3.22. The zero-order valence-electron chi connectivity index (χ0n) is 13.1. The number of amides is 3. The van der Waals surface area contributed by atoms with Crippen LogP contribution in [0.15, 0.2) is 0 Å². The molecule has 128 valence electrons. The summed E-state index contributed by atoms with van der Waals surface area (Å²) in [6.07, 6.45) is 2.70. The highest BCUT2D eigenvalue weighted by Gasteiger charge is 2.21. The van der Waals surface area contributed by atoms with Gasteiger partial charge in [0.2, 0.25) is 17.7 Å². The number of nitrogens with two attached hydrogens (primary N) is 1. The number of hydrogen-bond acceptors (Lipinski definition) is 5. The fourth-order valence-corrected chi connectivity index (χ4v) is 2.32. The van der Waals surface area contributed by atoms with E-state index in [0.717, 1.165) is 6.26 Å². The van der Waals surface area contributed by atoms with Crippen molar-refractivity contribution in [1.82, 2.24) is 10.6 Å². The first kappa shape index (κ1) is 20.4. The Kier molecular flexibility index (Phi) is 9.39. The van der Waals surface area contributed by atoms with Crippen LogP contribution >= 0.6 is 0 Å². The van der Waals surface area contributed by atoms with Gasteiger partial charge in [-0.1, -0.05) is 6.92 Å². The lowest BCUT2D eigenvalue weighted by atomic mass is 10.2. The first-order chi connectivity index (χ1) is 10.2. The lowest BCUT2D eigenvalue weighted by Crippen LogP contribution is -2.47. The molecule has 22 heavy (non-hydrogen) atoms. The summed E-state index contributed by atoms with van der Waals surface area (Å²) < 4.78 is 22.4. The molecule has 0 fully saturated rings. The van der Waals surface area contributed by atoms with Crippen LogP contribution in [-0.2, 0) is 24.2 Å². The molecular weight excluding hydrogens is 310 g/mol. The van der Waals surface area contributed by atoms with Gasteiger partial charge in [-0.2, -0.15) is 0 Å². The number of unbranched alkanes of at least 4 members (excludes halogenated alkanes) is 1. The molecule has 0 saturated carbocycles. The van der Waals surface area contributed by atoms with Gasteiger partial charge in [0, 0.05) is 25.6 Å². The summed E-state index contributed by atoms with van der Waals surface area (Å²) in [6.45, 7) is 1.98. The average Bonchev–Trinajstić information content (AvgIpc) is 2.41. The monoisotopic (exact) mass is 335 g/mol. The molecule has 9 heteroatoms. The molecule has 0 bridgehead atoms. The zero-order chi connectivity index (χ0) is 17.2. The standard InChI is InChI=1S/C13H25N3O5S/c1-3-12(18)16-10(7-9-22(2,20)21)13(19)15-8-5-4-6-11(14)17/h10H,3-9H2,1-2H3,(H2,14,17)(H,15,19)(H,16,18). The van der Waals surface area contributed by atoms with E-state index in [4.69, 9.17) is 5.73 Å². The summed E-state index contributed by atoms with van der Waals surface area (Å²) in [5.74, 6) is -1.32. The largest absolute Gasteiger partial charge is 0.370 e. The smallest absolute Gasteiger partial charge is 0.242 e. The maximum Gasteiger partial charge on any atom is 0.242 e. The number of sulfone groups is 1. The van der Waals surface area contributed by atoms with Crippen LogP contribution in [0.1, 0.15) is 39.0 Å². The molecule has 0 aliphatic carbocycles. The van der Waals surface area contributed by atoms with Gasteiger partial charge in [0.05, 0.1) is 5.75 Å². The Morgan fingerprint density at radius 3 is 2.32 bits per heavy atom. The van der Waals surface area contributed by atoms with Crippen LogP contribution in [0.3, 0.4) is 0 Å². The molecule has 0 rings (SSSR count). The van der Waals surface area contributed by atoms with E-state index in [1.54, 1.807) is 6.92 Å². The van der Waals surface area contributed by atoms with E-state index in [9.17, 15) is 22.8 Å². The Bertz CT molecular complexity index is 490. The molecule has 0 aromatic carbocycles. The normalized spacial score (nSPS) is 12.5. The fraction of sp³-hybridized carbons (Fsp3) is 0.769. The highest BCUT2D eigenvalue weighted by Crippen LogP contribution is 1.99. The van der Waals surface area contributed by atoms with Gasteiger partial charge in [-0.05, 0) is 19.3 Å². The first-order valence-corrected chi connectivity index (χ1v) is 9.25. The van der Waals surface area contributed by atoms with Crippen LogP contribution in [0, 0.1) is 0 Å². The predicted octanol–water partition coefficient (Wildman–Crippen LogP) is -0.912. The van der Waals surface area contributed by atoms with Gasteiger partial charge < -0.3 is 16.4 Å². The van der Waals surface area contributed by atoms with E-state index in [2.05, 4.69) is 10.6 Å². The van der Waals surface area contributed by atoms with Gasteiger partial charge in [0.25, 0.3) is 0 Å². The molecule has 4 N–H and O–H groups in total. The highest BCUT2D eigenvalue weighted by atomic mass is 32.2. The van der Waals surface area contributed by atoms with E-state index in [1.165, 1.54) is 0 Å². The van der Waals surface area contributed by atoms with Gasteiger partial charge in [-0.15, -0.1) is 0 Å². The van der Waals surface area contributed by atoms with Crippen molar-refractivity contribution in [3.05, 3.63) is 0 Å². The topological polar surface area (TPSA) is 135 Å². The minimum Gasteiger partial charge on any atom is -0.370 e. The SMILES string of the molecule is CCC(=O)NC(CCS(C)(=O)=O)C(=O)NCCCCC(N)=O. The Labute approximate surface area is 131 Å². The predicted molar refractivity (Wildman–Crippen MR) is 82.6 cm³/mol. The first-order valence-electron chi connectivity index (χ1n) is 7.18. The molecule has 3 amide bonds. The third-order valence-electron chi connectivity index (χ3n) is 2.90. The van der Waals surface area contributed by atoms with Crippen molar-refractivity contribution in [2.45, 2.75) is 45.1 Å². The third kappa shape index (κ3) is 11.1. The number of hydrogen-bond donors (Lipinski definition) is 3. The summed E-state index contributed by atoms with van der Waals surface area (Å²) in [4.78, 5) is 34.0. The van der Waals surface area contributed by atoms with Crippen molar-refractivity contribution in [3.63, 3.8) is 0 Å². The van der Waals surface area contributed by atoms with Crippen molar-refractivity contribution in [2.75, 3.05) is 18.6 Å². The van der Waals surface area contributed by atoms with Gasteiger partial charge >= 0.3 is 0 Å². The maximum absolute atomic E-state index is 12.0. The van der Waals surface area contributed by atoms with Crippen molar-refractivity contribution in [1.29, 1.82) is 0 Å². The molecule has 1 unspecified atom stereocenters. The van der Waals surface area contributed by atoms with Crippen LogP contribution in [-0.4, -0.2) is 50.7 Å². The van der Waals surface area contributed by atoms with E-state index in [1.807, 2.05) is 0 Å². The molecule has 0 aliphatic rings. The summed E-state index contributed by atoms with van der Waals surface area (Å²) in [6, 6.07) is -0.877. The number of nitrogens with one attached hydrogen (secondary N) is 2. The van der Waals surface area contributed by atoms with E-state index in [-0.39, 0.29) is 30.9 Å². The van der Waals surface area contributed by atoms with Crippen LogP contribution in [0.2, 0.25) is 0 Å². The number of carbonyl (C=O) groups is 3. The number of primary amides is 1. The van der Waals surface area contributed by atoms with Crippen molar-refractivity contribution in [2.24, 2.45) is 5.73 Å². The third-order valence-corrected chi connectivity index (χ3v) is 3.88. The van der Waals surface area contributed by atoms with E-state index in [0.29, 0.717) is 19.4 Å². The molecule has 0 saturated heterocycles. The quantitative estimate of drug-likeness (QED) is 0.420. The van der Waals surface area contributed by atoms with Gasteiger partial charge in [0.1, 0.15) is 15.9 Å². The summed E-state index contributed by atoms with van der Waals surface area (Å²) in [5.41, 5.74) is 5.00. The minimum absolute atomic E-state index is 0.0255. The summed E-state index contributed by atoms with van der Waals surface area (Å²) >= 11 is 0. The number of carbonyl (C=O) groups excluding carboxylic acids is 3. The zero-order valence-corrected chi connectivity index (χ0v) is 13.9. The van der Waals surface area contributed by atoms with Crippen LogP contribution < -0.4 is 16.4 Å². The van der Waals surface area contributed by atoms with E-state index < -0.39 is 27.7 Å². The Morgan fingerprint density at radius 1 is 1.18 bits per heavy atom. The average molecular weight is 335 g/mol. The molecule has 1 atom stereocenters. The maximum atomic E-state index is 12.0. The lowest BCUT2D eigenvalue weighted by Gasteiger charge is -2.17. The van der Waals surface area contributed by atoms with Gasteiger partial charge in [0.15, 0.2) is 0 Å². The van der Waals surface area contributed by atoms with Crippen LogP contribution in [0.5, 0.6) is 0 Å². The van der Waals surface area contributed by atoms with Crippen molar-refractivity contribution >= 4 is 27.6 Å². The second-order valence-electron chi connectivity index (χ2n) is 5.11. The molecule has 0 radical (unpaired) electrons. The molecule has 0 spiro atoms. The highest BCUT2D eigenvalue weighted by molar-refractivity contribution is 7.90. The van der Waals surface area contributed by atoms with E-state index >= 15 is 0 Å². The van der Waals surface area contributed by atoms with Gasteiger partial charge in [-0.25, -0.2) is 8.42 Å². The number of rotatable bonds is 11. The molecule has 0 aliphatic heterocycles. The second-order valence-corrected chi connectivity index (χ2v) is 7.37. The van der Waals surface area contributed by atoms with Crippen molar-refractivity contribution in [3.8, 4) is 0 Å². The second kappa shape index (κ2) is 10.1. The molecule has 8 nitrogen and oxygen atoms in total. The molecule has 0 heterocycles. The van der Waals surface area contributed by atoms with Crippen LogP contribution in [0.4, 0.5) is 0 Å². The van der Waals surface area contributed by atoms with Crippen molar-refractivity contribution < 1.29 is 22.8 Å². The van der Waals surface area contributed by atoms with Crippen LogP contribution in [0.25, 0.3) is 0 Å². The Morgan fingerprint density at radius 2 is 1.82 bits per heavy atom. The Balaban J connectivity index is 4.36. The molecule has 0 aromatic rings.